The van der Waals surface area contributed by atoms with E-state index >= 15 is 0 Å². The predicted octanol–water partition coefficient (Wildman–Crippen LogP) is 2.80. The second-order valence-electron chi connectivity index (χ2n) is 10.9. The van der Waals surface area contributed by atoms with Crippen molar-refractivity contribution in [1.29, 1.82) is 0 Å². The van der Waals surface area contributed by atoms with E-state index in [1.807, 2.05) is 6.92 Å². The maximum Gasteiger partial charge on any atom is 0.261 e. The van der Waals surface area contributed by atoms with Gasteiger partial charge in [-0.2, -0.15) is 0 Å². The number of nitrogens with one attached hydrogen (secondary N) is 2. The number of aromatic nitrogens is 2. The van der Waals surface area contributed by atoms with Gasteiger partial charge in [0.1, 0.15) is 17.0 Å². The number of aryl methyl sites for hydroxylation is 1. The van der Waals surface area contributed by atoms with E-state index in [0.29, 0.717) is 17.8 Å². The summed E-state index contributed by atoms with van der Waals surface area (Å²) in [6.07, 6.45) is 7.51. The van der Waals surface area contributed by atoms with E-state index in [-0.39, 0.29) is 11.9 Å². The SMILES string of the molecule is Cc1c(C(=O)NC2[C@H]3CC4C[C@H]2CC(O)(C4)C3)sc2ncnc(NCCCN3CCOCC3)c12. The molecule has 4 saturated carbocycles. The first-order valence-corrected chi connectivity index (χ1v) is 13.6. The summed E-state index contributed by atoms with van der Waals surface area (Å²) in [5.74, 6) is 2.26. The van der Waals surface area contributed by atoms with E-state index in [0.717, 1.165) is 104 Å². The highest BCUT2D eigenvalue weighted by molar-refractivity contribution is 7.20. The summed E-state index contributed by atoms with van der Waals surface area (Å²) in [5.41, 5.74) is 0.472. The maximum atomic E-state index is 13.4. The molecule has 8 nitrogen and oxygen atoms in total. The van der Waals surface area contributed by atoms with Crippen molar-refractivity contribution < 1.29 is 14.6 Å². The number of hydrogen-bond donors (Lipinski definition) is 3. The van der Waals surface area contributed by atoms with Gasteiger partial charge in [-0.15, -0.1) is 11.3 Å². The van der Waals surface area contributed by atoms with Gasteiger partial charge in [0, 0.05) is 25.7 Å². The molecule has 1 amide bonds. The molecule has 2 aromatic rings. The van der Waals surface area contributed by atoms with Crippen molar-refractivity contribution in [3.05, 3.63) is 16.8 Å². The standard InChI is InChI=1S/C25H35N5O3S/c1-15-19-22(26-3-2-4-30-5-7-33-8-6-30)27-14-28-24(19)34-21(15)23(31)29-20-17-9-16-10-18(20)13-25(32,11-16)12-17/h14,16-18,20,32H,2-13H2,1H3,(H,29,31)(H,26,27,28)/t16?,17-,18-,20?,25?/m0/s1. The van der Waals surface area contributed by atoms with Crippen molar-refractivity contribution in [3.8, 4) is 0 Å². The molecule has 4 aliphatic carbocycles. The van der Waals surface area contributed by atoms with Crippen LogP contribution in [0, 0.1) is 24.7 Å². The molecular formula is C25H35N5O3S. The molecule has 3 N–H and O–H groups in total. The van der Waals surface area contributed by atoms with Crippen LogP contribution < -0.4 is 10.6 Å². The molecule has 7 rings (SSSR count). The zero-order chi connectivity index (χ0) is 23.3. The minimum atomic E-state index is -0.483. The number of ether oxygens (including phenoxy) is 1. The first-order chi connectivity index (χ1) is 16.5. The molecule has 0 spiro atoms. The fraction of sp³-hybridized carbons (Fsp3) is 0.720. The van der Waals surface area contributed by atoms with E-state index < -0.39 is 5.60 Å². The van der Waals surface area contributed by atoms with Gasteiger partial charge in [0.15, 0.2) is 0 Å². The third kappa shape index (κ3) is 4.21. The molecule has 4 bridgehead atoms. The Bertz CT molecular complexity index is 1050. The van der Waals surface area contributed by atoms with Crippen molar-refractivity contribution in [1.82, 2.24) is 20.2 Å². The summed E-state index contributed by atoms with van der Waals surface area (Å²) in [6, 6.07) is 0.179. The lowest BCUT2D eigenvalue weighted by molar-refractivity contribution is -0.136. The molecule has 5 aliphatic rings. The smallest absolute Gasteiger partial charge is 0.261 e. The van der Waals surface area contributed by atoms with E-state index in [9.17, 15) is 9.90 Å². The molecule has 3 heterocycles. The Kier molecular flexibility index (Phi) is 6.00. The molecular weight excluding hydrogens is 450 g/mol. The molecule has 1 aliphatic heterocycles. The maximum absolute atomic E-state index is 13.4. The largest absolute Gasteiger partial charge is 0.390 e. The van der Waals surface area contributed by atoms with Crippen molar-refractivity contribution in [2.45, 2.75) is 57.1 Å². The third-order valence-electron chi connectivity index (χ3n) is 8.52. The Balaban J connectivity index is 1.13. The molecule has 2 atom stereocenters. The third-order valence-corrected chi connectivity index (χ3v) is 9.72. The normalized spacial score (nSPS) is 32.9. The summed E-state index contributed by atoms with van der Waals surface area (Å²) in [5, 5.41) is 18.7. The van der Waals surface area contributed by atoms with Gasteiger partial charge < -0.3 is 20.5 Å². The highest BCUT2D eigenvalue weighted by Gasteiger charge is 2.55. The summed E-state index contributed by atoms with van der Waals surface area (Å²) in [7, 11) is 0. The second kappa shape index (κ2) is 9.00. The monoisotopic (exact) mass is 485 g/mol. The molecule has 0 radical (unpaired) electrons. The number of carbonyl (C=O) groups is 1. The van der Waals surface area contributed by atoms with Gasteiger partial charge in [-0.3, -0.25) is 9.69 Å². The van der Waals surface area contributed by atoms with E-state index in [4.69, 9.17) is 4.74 Å². The van der Waals surface area contributed by atoms with E-state index in [1.54, 1.807) is 6.33 Å². The van der Waals surface area contributed by atoms with Crippen LogP contribution in [0.1, 0.15) is 53.8 Å². The number of nitrogens with zero attached hydrogens (tertiary/aromatic N) is 3. The number of fused-ring (bicyclic) bond motifs is 1. The molecule has 2 aromatic heterocycles. The van der Waals surface area contributed by atoms with Crippen LogP contribution >= 0.6 is 11.3 Å². The topological polar surface area (TPSA) is 99.6 Å². The number of hydrogen-bond acceptors (Lipinski definition) is 8. The lowest BCUT2D eigenvalue weighted by Gasteiger charge is -2.58. The van der Waals surface area contributed by atoms with Gasteiger partial charge in [-0.25, -0.2) is 9.97 Å². The van der Waals surface area contributed by atoms with Crippen molar-refractivity contribution in [3.63, 3.8) is 0 Å². The number of anilines is 1. The van der Waals surface area contributed by atoms with Gasteiger partial charge in [-0.1, -0.05) is 0 Å². The highest BCUT2D eigenvalue weighted by Crippen LogP contribution is 2.55. The van der Waals surface area contributed by atoms with Crippen LogP contribution in [0.15, 0.2) is 6.33 Å². The van der Waals surface area contributed by atoms with Crippen molar-refractivity contribution >= 4 is 33.3 Å². The average molecular weight is 486 g/mol. The van der Waals surface area contributed by atoms with Gasteiger partial charge >= 0.3 is 0 Å². The molecule has 5 fully saturated rings. The lowest BCUT2D eigenvalue weighted by Crippen LogP contribution is -2.61. The summed E-state index contributed by atoms with van der Waals surface area (Å²) >= 11 is 1.46. The van der Waals surface area contributed by atoms with Crippen LogP contribution in [0.2, 0.25) is 0 Å². The number of carbonyl (C=O) groups excluding carboxylic acids is 1. The minimum Gasteiger partial charge on any atom is -0.390 e. The fourth-order valence-electron chi connectivity index (χ4n) is 7.19. The van der Waals surface area contributed by atoms with E-state index in [1.165, 1.54) is 11.3 Å². The second-order valence-corrected chi connectivity index (χ2v) is 11.9. The van der Waals surface area contributed by atoms with Gasteiger partial charge in [0.05, 0.1) is 29.1 Å². The van der Waals surface area contributed by atoms with Gasteiger partial charge in [0.2, 0.25) is 0 Å². The number of aliphatic hydroxyl groups is 1. The summed E-state index contributed by atoms with van der Waals surface area (Å²) in [6.45, 7) is 7.53. The molecule has 0 unspecified atom stereocenters. The number of morpholine rings is 1. The number of thiophene rings is 1. The molecule has 184 valence electrons. The highest BCUT2D eigenvalue weighted by atomic mass is 32.1. The predicted molar refractivity (Wildman–Crippen MR) is 132 cm³/mol. The van der Waals surface area contributed by atoms with E-state index in [2.05, 4.69) is 25.5 Å². The van der Waals surface area contributed by atoms with Gasteiger partial charge in [-0.05, 0) is 75.3 Å². The van der Waals surface area contributed by atoms with Crippen LogP contribution in [0.4, 0.5) is 5.82 Å². The summed E-state index contributed by atoms with van der Waals surface area (Å²) in [4.78, 5) is 26.4. The average Bonchev–Trinajstić information content (AvgIpc) is 3.16. The first kappa shape index (κ1) is 22.6. The zero-order valence-electron chi connectivity index (χ0n) is 19.9. The lowest BCUT2D eigenvalue weighted by atomic mass is 9.52. The van der Waals surface area contributed by atoms with Crippen LogP contribution in [0.25, 0.3) is 10.2 Å². The van der Waals surface area contributed by atoms with Crippen LogP contribution in [-0.2, 0) is 4.74 Å². The van der Waals surface area contributed by atoms with Crippen molar-refractivity contribution in [2.75, 3.05) is 44.7 Å². The van der Waals surface area contributed by atoms with Crippen molar-refractivity contribution in [2.24, 2.45) is 17.8 Å². The Morgan fingerprint density at radius 1 is 1.24 bits per heavy atom. The van der Waals surface area contributed by atoms with Crippen LogP contribution in [-0.4, -0.2) is 76.9 Å². The Hall–Kier alpha value is -1.81. The Labute approximate surface area is 204 Å². The zero-order valence-corrected chi connectivity index (χ0v) is 20.7. The molecule has 34 heavy (non-hydrogen) atoms. The minimum absolute atomic E-state index is 0.00299. The Morgan fingerprint density at radius 3 is 2.74 bits per heavy atom. The quantitative estimate of drug-likeness (QED) is 0.519. The fourth-order valence-corrected chi connectivity index (χ4v) is 8.24. The van der Waals surface area contributed by atoms with Crippen LogP contribution in [0.3, 0.4) is 0 Å². The molecule has 9 heteroatoms. The number of amides is 1. The Morgan fingerprint density at radius 2 is 2.00 bits per heavy atom. The number of rotatable bonds is 7. The summed E-state index contributed by atoms with van der Waals surface area (Å²) < 4.78 is 5.42. The van der Waals surface area contributed by atoms with Gasteiger partial charge in [0.25, 0.3) is 5.91 Å². The molecule has 1 saturated heterocycles. The van der Waals surface area contributed by atoms with Crippen LogP contribution in [0.5, 0.6) is 0 Å². The first-order valence-electron chi connectivity index (χ1n) is 12.8. The molecule has 0 aromatic carbocycles.